The predicted molar refractivity (Wildman–Crippen MR) is 60.7 cm³/mol. The summed E-state index contributed by atoms with van der Waals surface area (Å²) in [6, 6.07) is -0.0159. The van der Waals surface area contributed by atoms with E-state index >= 15 is 0 Å². The normalized spacial score (nSPS) is 17.4. The van der Waals surface area contributed by atoms with Crippen LogP contribution >= 0.6 is 0 Å². The molecule has 1 unspecified atom stereocenters. The molecule has 16 heavy (non-hydrogen) atoms. The van der Waals surface area contributed by atoms with Gasteiger partial charge in [-0.2, -0.15) is 5.10 Å². The smallest absolute Gasteiger partial charge is 0.267 e. The molecule has 0 aliphatic carbocycles. The molecule has 0 saturated carbocycles. The van der Waals surface area contributed by atoms with Crippen LogP contribution in [0.4, 0.5) is 0 Å². The van der Waals surface area contributed by atoms with Gasteiger partial charge in [-0.1, -0.05) is 13.3 Å². The van der Waals surface area contributed by atoms with Crippen LogP contribution in [-0.4, -0.2) is 30.1 Å². The van der Waals surface area contributed by atoms with Gasteiger partial charge in [0.15, 0.2) is 0 Å². The van der Waals surface area contributed by atoms with E-state index in [0.29, 0.717) is 25.1 Å². The second-order valence-corrected chi connectivity index (χ2v) is 3.79. The Hall–Kier alpha value is -1.43. The van der Waals surface area contributed by atoms with Crippen LogP contribution in [0.3, 0.4) is 0 Å². The van der Waals surface area contributed by atoms with Crippen molar-refractivity contribution in [2.45, 2.75) is 38.6 Å². The molecular formula is C10H18N4O2. The molecule has 1 aliphatic heterocycles. The second-order valence-electron chi connectivity index (χ2n) is 3.79. The number of nitrogens with two attached hydrogens (primary N) is 1. The summed E-state index contributed by atoms with van der Waals surface area (Å²) in [5, 5.41) is 6.53. The van der Waals surface area contributed by atoms with Gasteiger partial charge in [0.1, 0.15) is 5.71 Å². The van der Waals surface area contributed by atoms with Crippen molar-refractivity contribution in [3.05, 3.63) is 0 Å². The highest BCUT2D eigenvalue weighted by Crippen LogP contribution is 2.01. The first-order chi connectivity index (χ1) is 7.67. The Balaban J connectivity index is 2.48. The number of rotatable bonds is 5. The number of hydrogen-bond acceptors (Lipinski definition) is 4. The Morgan fingerprint density at radius 3 is 2.88 bits per heavy atom. The van der Waals surface area contributed by atoms with Crippen molar-refractivity contribution in [3.8, 4) is 0 Å². The molecule has 90 valence electrons. The maximum atomic E-state index is 11.7. The lowest BCUT2D eigenvalue weighted by atomic mass is 10.1. The van der Waals surface area contributed by atoms with E-state index in [-0.39, 0.29) is 17.9 Å². The third-order valence-corrected chi connectivity index (χ3v) is 2.42. The van der Waals surface area contributed by atoms with Crippen LogP contribution in [0.25, 0.3) is 0 Å². The van der Waals surface area contributed by atoms with Crippen molar-refractivity contribution in [2.75, 3.05) is 6.54 Å². The highest BCUT2D eigenvalue weighted by Gasteiger charge is 2.19. The summed E-state index contributed by atoms with van der Waals surface area (Å²) in [6.07, 6.45) is 2.52. The predicted octanol–water partition coefficient (Wildman–Crippen LogP) is -0.504. The lowest BCUT2D eigenvalue weighted by Gasteiger charge is -2.18. The fourth-order valence-corrected chi connectivity index (χ4v) is 1.50. The minimum Gasteiger partial charge on any atom is -0.347 e. The molecule has 0 saturated heterocycles. The molecule has 0 aromatic carbocycles. The van der Waals surface area contributed by atoms with Crippen LogP contribution in [0.2, 0.25) is 0 Å². The van der Waals surface area contributed by atoms with Crippen molar-refractivity contribution in [3.63, 3.8) is 0 Å². The standard InChI is InChI=1S/C10H18N4O2/c1-2-3-7(6-11)12-10(16)8-4-5-9(15)14-13-8/h7H,2-6,11H2,1H3,(H,12,16)(H,14,15). The number of nitrogens with one attached hydrogen (secondary N) is 2. The Morgan fingerprint density at radius 1 is 1.62 bits per heavy atom. The van der Waals surface area contributed by atoms with Gasteiger partial charge >= 0.3 is 0 Å². The van der Waals surface area contributed by atoms with E-state index in [9.17, 15) is 9.59 Å². The molecule has 1 rings (SSSR count). The Kier molecular flexibility index (Phi) is 4.91. The first-order valence-corrected chi connectivity index (χ1v) is 5.53. The van der Waals surface area contributed by atoms with Gasteiger partial charge in [0.05, 0.1) is 0 Å². The summed E-state index contributed by atoms with van der Waals surface area (Å²) in [5.74, 6) is -0.385. The first kappa shape index (κ1) is 12.6. The number of carbonyl (C=O) groups excluding carboxylic acids is 2. The Labute approximate surface area is 94.6 Å². The number of carbonyl (C=O) groups is 2. The lowest BCUT2D eigenvalue weighted by Crippen LogP contribution is -2.45. The quantitative estimate of drug-likeness (QED) is 0.589. The lowest BCUT2D eigenvalue weighted by molar-refractivity contribution is -0.121. The summed E-state index contributed by atoms with van der Waals surface area (Å²) >= 11 is 0. The molecule has 0 aromatic heterocycles. The van der Waals surface area contributed by atoms with Crippen LogP contribution in [0, 0.1) is 0 Å². The minimum atomic E-state index is -0.232. The molecule has 6 heteroatoms. The van der Waals surface area contributed by atoms with Crippen LogP contribution in [0.1, 0.15) is 32.6 Å². The van der Waals surface area contributed by atoms with Gasteiger partial charge in [-0.25, -0.2) is 5.43 Å². The zero-order valence-electron chi connectivity index (χ0n) is 9.45. The van der Waals surface area contributed by atoms with E-state index in [1.54, 1.807) is 0 Å². The van der Waals surface area contributed by atoms with Gasteiger partial charge in [-0.15, -0.1) is 0 Å². The number of hydrazone groups is 1. The molecule has 0 aromatic rings. The molecule has 1 atom stereocenters. The maximum absolute atomic E-state index is 11.7. The Bertz CT molecular complexity index is 301. The SMILES string of the molecule is CCCC(CN)NC(=O)C1=NNC(=O)CC1. The Morgan fingerprint density at radius 2 is 2.38 bits per heavy atom. The summed E-state index contributed by atoms with van der Waals surface area (Å²) in [6.45, 7) is 2.45. The number of nitrogens with zero attached hydrogens (tertiary/aromatic N) is 1. The molecule has 1 aliphatic rings. The van der Waals surface area contributed by atoms with Crippen molar-refractivity contribution < 1.29 is 9.59 Å². The number of amides is 2. The zero-order chi connectivity index (χ0) is 12.0. The summed E-state index contributed by atoms with van der Waals surface area (Å²) in [5.41, 5.74) is 8.20. The largest absolute Gasteiger partial charge is 0.347 e. The zero-order valence-corrected chi connectivity index (χ0v) is 9.45. The summed E-state index contributed by atoms with van der Waals surface area (Å²) in [7, 11) is 0. The van der Waals surface area contributed by atoms with E-state index < -0.39 is 0 Å². The van der Waals surface area contributed by atoms with E-state index in [0.717, 1.165) is 12.8 Å². The average molecular weight is 226 g/mol. The minimum absolute atomic E-state index is 0.0159. The van der Waals surface area contributed by atoms with E-state index in [1.807, 2.05) is 6.92 Å². The van der Waals surface area contributed by atoms with Crippen molar-refractivity contribution in [2.24, 2.45) is 10.8 Å². The summed E-state index contributed by atoms with van der Waals surface area (Å²) in [4.78, 5) is 22.5. The van der Waals surface area contributed by atoms with Crippen molar-refractivity contribution in [1.82, 2.24) is 10.7 Å². The average Bonchev–Trinajstić information content (AvgIpc) is 2.29. The van der Waals surface area contributed by atoms with Crippen molar-refractivity contribution >= 4 is 17.5 Å². The second kappa shape index (κ2) is 6.22. The highest BCUT2D eigenvalue weighted by atomic mass is 16.2. The monoisotopic (exact) mass is 226 g/mol. The van der Waals surface area contributed by atoms with Gasteiger partial charge in [0.25, 0.3) is 5.91 Å². The van der Waals surface area contributed by atoms with E-state index in [2.05, 4.69) is 15.8 Å². The third kappa shape index (κ3) is 3.62. The van der Waals surface area contributed by atoms with Gasteiger partial charge in [-0.3, -0.25) is 9.59 Å². The highest BCUT2D eigenvalue weighted by molar-refractivity contribution is 6.39. The van der Waals surface area contributed by atoms with Gasteiger partial charge in [0.2, 0.25) is 5.91 Å². The molecule has 2 amide bonds. The van der Waals surface area contributed by atoms with Gasteiger partial charge in [0, 0.05) is 25.4 Å². The van der Waals surface area contributed by atoms with Crippen LogP contribution < -0.4 is 16.5 Å². The van der Waals surface area contributed by atoms with E-state index in [1.165, 1.54) is 0 Å². The topological polar surface area (TPSA) is 96.6 Å². The van der Waals surface area contributed by atoms with Gasteiger partial charge in [-0.05, 0) is 6.42 Å². The molecule has 1 heterocycles. The van der Waals surface area contributed by atoms with Crippen LogP contribution in [-0.2, 0) is 9.59 Å². The van der Waals surface area contributed by atoms with Crippen LogP contribution in [0.5, 0.6) is 0 Å². The molecule has 0 spiro atoms. The first-order valence-electron chi connectivity index (χ1n) is 5.53. The summed E-state index contributed by atoms with van der Waals surface area (Å²) < 4.78 is 0. The maximum Gasteiger partial charge on any atom is 0.267 e. The number of hydrogen-bond donors (Lipinski definition) is 3. The molecule has 4 N–H and O–H groups in total. The van der Waals surface area contributed by atoms with Crippen molar-refractivity contribution in [1.29, 1.82) is 0 Å². The molecule has 0 radical (unpaired) electrons. The van der Waals surface area contributed by atoms with Gasteiger partial charge < -0.3 is 11.1 Å². The fraction of sp³-hybridized carbons (Fsp3) is 0.700. The molecule has 6 nitrogen and oxygen atoms in total. The van der Waals surface area contributed by atoms with E-state index in [4.69, 9.17) is 5.73 Å². The third-order valence-electron chi connectivity index (χ3n) is 2.42. The van der Waals surface area contributed by atoms with Crippen LogP contribution in [0.15, 0.2) is 5.10 Å². The fourth-order valence-electron chi connectivity index (χ4n) is 1.50. The molecule has 0 bridgehead atoms. The molecule has 0 fully saturated rings. The molecular weight excluding hydrogens is 208 g/mol.